The lowest BCUT2D eigenvalue weighted by atomic mass is 10.2. The molecule has 0 saturated heterocycles. The van der Waals surface area contributed by atoms with Crippen LogP contribution in [0.2, 0.25) is 0 Å². The van der Waals surface area contributed by atoms with Crippen molar-refractivity contribution in [3.05, 3.63) is 84.2 Å². The molecule has 0 fully saturated rings. The number of imidazole rings is 1. The van der Waals surface area contributed by atoms with Gasteiger partial charge in [-0.05, 0) is 67.9 Å². The molecular formula is C23H22N2O2. The van der Waals surface area contributed by atoms with Crippen LogP contribution in [0.4, 0.5) is 0 Å². The number of para-hydroxylation sites is 2. The Morgan fingerprint density at radius 1 is 0.815 bits per heavy atom. The van der Waals surface area contributed by atoms with E-state index >= 15 is 0 Å². The molecule has 1 heterocycles. The summed E-state index contributed by atoms with van der Waals surface area (Å²) in [6.07, 6.45) is 0. The second-order valence-corrected chi connectivity index (χ2v) is 6.38. The van der Waals surface area contributed by atoms with Crippen LogP contribution in [0.15, 0.2) is 72.8 Å². The lowest BCUT2D eigenvalue weighted by Crippen LogP contribution is -2.01. The topological polar surface area (TPSA) is 36.3 Å². The Morgan fingerprint density at radius 3 is 2.15 bits per heavy atom. The van der Waals surface area contributed by atoms with E-state index in [0.29, 0.717) is 6.61 Å². The number of hydrogen-bond donors (Lipinski definition) is 0. The smallest absolute Gasteiger partial charge is 0.127 e. The molecule has 0 aliphatic heterocycles. The largest absolute Gasteiger partial charge is 0.494 e. The molecule has 136 valence electrons. The van der Waals surface area contributed by atoms with Gasteiger partial charge in [-0.1, -0.05) is 24.3 Å². The zero-order valence-corrected chi connectivity index (χ0v) is 15.6. The Morgan fingerprint density at radius 2 is 1.44 bits per heavy atom. The molecule has 0 spiro atoms. The summed E-state index contributed by atoms with van der Waals surface area (Å²) in [7, 11) is 0. The predicted octanol–water partition coefficient (Wildman–Crippen LogP) is 5.58. The first-order chi connectivity index (χ1) is 13.2. The van der Waals surface area contributed by atoms with Crippen LogP contribution in [0.5, 0.6) is 17.2 Å². The third-order valence-corrected chi connectivity index (χ3v) is 4.48. The van der Waals surface area contributed by atoms with Crippen molar-refractivity contribution < 1.29 is 9.47 Å². The standard InChI is InChI=1S/C23H22N2O2/c1-3-26-19-12-14-21(15-13-19)27-20-10-8-18(9-11-20)16-25-17(2)24-22-6-4-5-7-23(22)25/h4-15H,3,16H2,1-2H3. The van der Waals surface area contributed by atoms with E-state index in [1.165, 1.54) is 5.56 Å². The molecule has 4 heteroatoms. The van der Waals surface area contributed by atoms with E-state index in [0.717, 1.165) is 40.7 Å². The molecule has 1 aromatic heterocycles. The van der Waals surface area contributed by atoms with E-state index in [-0.39, 0.29) is 0 Å². The van der Waals surface area contributed by atoms with Crippen molar-refractivity contribution in [3.63, 3.8) is 0 Å². The molecule has 4 aromatic rings. The highest BCUT2D eigenvalue weighted by Gasteiger charge is 2.07. The first kappa shape index (κ1) is 17.2. The van der Waals surface area contributed by atoms with E-state index in [1.54, 1.807) is 0 Å². The minimum absolute atomic E-state index is 0.660. The molecule has 4 rings (SSSR count). The Kier molecular flexibility index (Phi) is 4.79. The van der Waals surface area contributed by atoms with Gasteiger partial charge in [-0.25, -0.2) is 4.98 Å². The van der Waals surface area contributed by atoms with Crippen LogP contribution in [0.25, 0.3) is 11.0 Å². The molecule has 0 atom stereocenters. The highest BCUT2D eigenvalue weighted by Crippen LogP contribution is 2.25. The molecule has 0 radical (unpaired) electrons. The number of benzene rings is 3. The van der Waals surface area contributed by atoms with Crippen molar-refractivity contribution in [2.75, 3.05) is 6.61 Å². The van der Waals surface area contributed by atoms with Crippen LogP contribution in [0.1, 0.15) is 18.3 Å². The van der Waals surface area contributed by atoms with Crippen molar-refractivity contribution in [2.24, 2.45) is 0 Å². The van der Waals surface area contributed by atoms with E-state index in [1.807, 2.05) is 68.4 Å². The average molecular weight is 358 g/mol. The van der Waals surface area contributed by atoms with Gasteiger partial charge in [0.1, 0.15) is 23.1 Å². The van der Waals surface area contributed by atoms with Gasteiger partial charge in [-0.15, -0.1) is 0 Å². The first-order valence-electron chi connectivity index (χ1n) is 9.14. The minimum Gasteiger partial charge on any atom is -0.494 e. The van der Waals surface area contributed by atoms with Crippen molar-refractivity contribution in [3.8, 4) is 17.2 Å². The lowest BCUT2D eigenvalue weighted by Gasteiger charge is -2.10. The fourth-order valence-corrected chi connectivity index (χ4v) is 3.15. The minimum atomic E-state index is 0.660. The molecule has 27 heavy (non-hydrogen) atoms. The molecule has 0 aliphatic rings. The maximum absolute atomic E-state index is 5.92. The van der Waals surface area contributed by atoms with Gasteiger partial charge in [0.25, 0.3) is 0 Å². The fraction of sp³-hybridized carbons (Fsp3) is 0.174. The third-order valence-electron chi connectivity index (χ3n) is 4.48. The molecule has 3 aromatic carbocycles. The predicted molar refractivity (Wildman–Crippen MR) is 108 cm³/mol. The summed E-state index contributed by atoms with van der Waals surface area (Å²) in [5.41, 5.74) is 3.40. The number of fused-ring (bicyclic) bond motifs is 1. The maximum atomic E-state index is 5.92. The van der Waals surface area contributed by atoms with Crippen molar-refractivity contribution in [2.45, 2.75) is 20.4 Å². The normalized spacial score (nSPS) is 10.9. The summed E-state index contributed by atoms with van der Waals surface area (Å²) < 4.78 is 13.6. The summed E-state index contributed by atoms with van der Waals surface area (Å²) in [5.74, 6) is 3.48. The molecule has 0 N–H and O–H groups in total. The SMILES string of the molecule is CCOc1ccc(Oc2ccc(Cn3c(C)nc4ccccc43)cc2)cc1. The summed E-state index contributed by atoms with van der Waals surface area (Å²) in [4.78, 5) is 4.63. The van der Waals surface area contributed by atoms with Gasteiger partial charge in [0.15, 0.2) is 0 Å². The second-order valence-electron chi connectivity index (χ2n) is 6.38. The quantitative estimate of drug-likeness (QED) is 0.451. The van der Waals surface area contributed by atoms with Crippen LogP contribution in [0, 0.1) is 6.92 Å². The fourth-order valence-electron chi connectivity index (χ4n) is 3.15. The zero-order chi connectivity index (χ0) is 18.6. The second kappa shape index (κ2) is 7.54. The van der Waals surface area contributed by atoms with Crippen LogP contribution in [-0.2, 0) is 6.54 Å². The number of aromatic nitrogens is 2. The lowest BCUT2D eigenvalue weighted by molar-refractivity contribution is 0.339. The zero-order valence-electron chi connectivity index (χ0n) is 15.6. The van der Waals surface area contributed by atoms with E-state index in [2.05, 4.69) is 27.8 Å². The van der Waals surface area contributed by atoms with Crippen molar-refractivity contribution >= 4 is 11.0 Å². The summed E-state index contributed by atoms with van der Waals surface area (Å²) in [6, 6.07) is 24.1. The van der Waals surface area contributed by atoms with Crippen LogP contribution < -0.4 is 9.47 Å². The highest BCUT2D eigenvalue weighted by atomic mass is 16.5. The Hall–Kier alpha value is -3.27. The molecule has 0 bridgehead atoms. The van der Waals surface area contributed by atoms with E-state index in [4.69, 9.17) is 9.47 Å². The molecule has 4 nitrogen and oxygen atoms in total. The Bertz CT molecular complexity index is 1030. The summed E-state index contributed by atoms with van der Waals surface area (Å²) in [6.45, 7) is 5.46. The summed E-state index contributed by atoms with van der Waals surface area (Å²) in [5, 5.41) is 0. The van der Waals surface area contributed by atoms with Gasteiger partial charge in [0.05, 0.1) is 17.6 Å². The van der Waals surface area contributed by atoms with Gasteiger partial charge in [0, 0.05) is 6.54 Å². The van der Waals surface area contributed by atoms with E-state index < -0.39 is 0 Å². The van der Waals surface area contributed by atoms with Gasteiger partial charge in [0.2, 0.25) is 0 Å². The number of nitrogens with zero attached hydrogens (tertiary/aromatic N) is 2. The average Bonchev–Trinajstić information content (AvgIpc) is 3.00. The van der Waals surface area contributed by atoms with Crippen LogP contribution in [-0.4, -0.2) is 16.2 Å². The first-order valence-corrected chi connectivity index (χ1v) is 9.14. The maximum Gasteiger partial charge on any atom is 0.127 e. The molecule has 0 unspecified atom stereocenters. The molecule has 0 saturated carbocycles. The number of hydrogen-bond acceptors (Lipinski definition) is 3. The van der Waals surface area contributed by atoms with Gasteiger partial charge in [-0.2, -0.15) is 0 Å². The van der Waals surface area contributed by atoms with Crippen molar-refractivity contribution in [1.29, 1.82) is 0 Å². The summed E-state index contributed by atoms with van der Waals surface area (Å²) >= 11 is 0. The monoisotopic (exact) mass is 358 g/mol. The number of aryl methyl sites for hydroxylation is 1. The molecular weight excluding hydrogens is 336 g/mol. The molecule has 0 amide bonds. The van der Waals surface area contributed by atoms with Gasteiger partial charge in [-0.3, -0.25) is 0 Å². The Balaban J connectivity index is 1.48. The van der Waals surface area contributed by atoms with Crippen LogP contribution >= 0.6 is 0 Å². The van der Waals surface area contributed by atoms with E-state index in [9.17, 15) is 0 Å². The third kappa shape index (κ3) is 3.80. The Labute approximate surface area is 159 Å². The highest BCUT2D eigenvalue weighted by molar-refractivity contribution is 5.75. The molecule has 0 aliphatic carbocycles. The van der Waals surface area contributed by atoms with Gasteiger partial charge >= 0.3 is 0 Å². The van der Waals surface area contributed by atoms with Crippen LogP contribution in [0.3, 0.4) is 0 Å². The van der Waals surface area contributed by atoms with Crippen molar-refractivity contribution in [1.82, 2.24) is 9.55 Å². The number of rotatable bonds is 6. The number of ether oxygens (including phenoxy) is 2. The van der Waals surface area contributed by atoms with Gasteiger partial charge < -0.3 is 14.0 Å².